The van der Waals surface area contributed by atoms with Crippen LogP contribution in [0.25, 0.3) is 0 Å². The van der Waals surface area contributed by atoms with Gasteiger partial charge in [-0.1, -0.05) is 13.0 Å². The van der Waals surface area contributed by atoms with Crippen LogP contribution in [0.2, 0.25) is 0 Å². The zero-order valence-electron chi connectivity index (χ0n) is 12.3. The molecular formula is C15H26N4. The Hall–Kier alpha value is -1.13. The smallest absolute Gasteiger partial charge is 0.128 e. The van der Waals surface area contributed by atoms with E-state index in [4.69, 9.17) is 11.5 Å². The Morgan fingerprint density at radius 2 is 2.00 bits per heavy atom. The van der Waals surface area contributed by atoms with Crippen LogP contribution in [-0.4, -0.2) is 29.5 Å². The number of anilines is 1. The van der Waals surface area contributed by atoms with Crippen LogP contribution in [0.5, 0.6) is 0 Å². The van der Waals surface area contributed by atoms with Crippen molar-refractivity contribution < 1.29 is 0 Å². The highest BCUT2D eigenvalue weighted by Gasteiger charge is 2.42. The van der Waals surface area contributed by atoms with Crippen molar-refractivity contribution in [1.29, 1.82) is 0 Å². The second-order valence-electron chi connectivity index (χ2n) is 6.14. The normalized spacial score (nSPS) is 29.4. The molecule has 4 heteroatoms. The average Bonchev–Trinajstić information content (AvgIpc) is 2.39. The molecule has 106 valence electrons. The SMILES string of the molecule is CC1CCC(C(N)c2cccnc2N)(N(C)C)CC1. The molecule has 19 heavy (non-hydrogen) atoms. The summed E-state index contributed by atoms with van der Waals surface area (Å²) in [5.41, 5.74) is 13.6. The summed E-state index contributed by atoms with van der Waals surface area (Å²) in [6, 6.07) is 3.85. The van der Waals surface area contributed by atoms with Crippen LogP contribution in [0.1, 0.15) is 44.2 Å². The number of aromatic nitrogens is 1. The number of nitrogens with two attached hydrogens (primary N) is 2. The molecule has 0 bridgehead atoms. The molecule has 1 atom stereocenters. The average molecular weight is 262 g/mol. The zero-order valence-corrected chi connectivity index (χ0v) is 12.3. The van der Waals surface area contributed by atoms with Crippen LogP contribution in [0.15, 0.2) is 18.3 Å². The molecule has 0 saturated heterocycles. The predicted molar refractivity (Wildman–Crippen MR) is 79.6 cm³/mol. The highest BCUT2D eigenvalue weighted by Crippen LogP contribution is 2.43. The summed E-state index contributed by atoms with van der Waals surface area (Å²) in [7, 11) is 4.25. The Morgan fingerprint density at radius 1 is 1.37 bits per heavy atom. The zero-order chi connectivity index (χ0) is 14.0. The molecule has 1 saturated carbocycles. The van der Waals surface area contributed by atoms with Gasteiger partial charge in [0.1, 0.15) is 5.82 Å². The number of nitrogen functional groups attached to an aromatic ring is 1. The lowest BCUT2D eigenvalue weighted by Crippen LogP contribution is -2.54. The Kier molecular flexibility index (Phi) is 4.11. The van der Waals surface area contributed by atoms with Gasteiger partial charge in [0.05, 0.1) is 6.04 Å². The van der Waals surface area contributed by atoms with Crippen LogP contribution >= 0.6 is 0 Å². The van der Waals surface area contributed by atoms with E-state index in [9.17, 15) is 0 Å². The lowest BCUT2D eigenvalue weighted by atomic mass is 9.70. The van der Waals surface area contributed by atoms with Gasteiger partial charge < -0.3 is 16.4 Å². The van der Waals surface area contributed by atoms with Gasteiger partial charge >= 0.3 is 0 Å². The Labute approximate surface area is 116 Å². The molecule has 1 aliphatic carbocycles. The third-order valence-corrected chi connectivity index (χ3v) is 4.82. The fraction of sp³-hybridized carbons (Fsp3) is 0.667. The van der Waals surface area contributed by atoms with Crippen LogP contribution in [0, 0.1) is 5.92 Å². The molecule has 0 aliphatic heterocycles. The number of hydrogen-bond acceptors (Lipinski definition) is 4. The van der Waals surface area contributed by atoms with E-state index in [1.165, 1.54) is 12.8 Å². The largest absolute Gasteiger partial charge is 0.383 e. The molecule has 2 rings (SSSR count). The maximum atomic E-state index is 6.59. The second kappa shape index (κ2) is 5.47. The van der Waals surface area contributed by atoms with E-state index < -0.39 is 0 Å². The van der Waals surface area contributed by atoms with Crippen LogP contribution < -0.4 is 11.5 Å². The Morgan fingerprint density at radius 3 is 2.53 bits per heavy atom. The Balaban J connectivity index is 2.32. The molecular weight excluding hydrogens is 236 g/mol. The van der Waals surface area contributed by atoms with Crippen molar-refractivity contribution in [2.75, 3.05) is 19.8 Å². The van der Waals surface area contributed by atoms with Gasteiger partial charge in [-0.15, -0.1) is 0 Å². The maximum absolute atomic E-state index is 6.59. The lowest BCUT2D eigenvalue weighted by Gasteiger charge is -2.48. The molecule has 4 nitrogen and oxygen atoms in total. The van der Waals surface area contributed by atoms with Crippen molar-refractivity contribution in [3.63, 3.8) is 0 Å². The van der Waals surface area contributed by atoms with Crippen molar-refractivity contribution in [3.05, 3.63) is 23.9 Å². The Bertz CT molecular complexity index is 422. The number of likely N-dealkylation sites (N-methyl/N-ethyl adjacent to an activating group) is 1. The topological polar surface area (TPSA) is 68.2 Å². The van der Waals surface area contributed by atoms with E-state index in [1.807, 2.05) is 12.1 Å². The summed E-state index contributed by atoms with van der Waals surface area (Å²) >= 11 is 0. The van der Waals surface area contributed by atoms with E-state index in [2.05, 4.69) is 30.9 Å². The first-order valence-corrected chi connectivity index (χ1v) is 7.11. The molecule has 1 fully saturated rings. The van der Waals surface area contributed by atoms with Gasteiger partial charge in [-0.05, 0) is 51.8 Å². The number of hydrogen-bond donors (Lipinski definition) is 2. The molecule has 0 aromatic carbocycles. The monoisotopic (exact) mass is 262 g/mol. The molecule has 1 unspecified atom stereocenters. The second-order valence-corrected chi connectivity index (χ2v) is 6.14. The number of nitrogens with zero attached hydrogens (tertiary/aromatic N) is 2. The third-order valence-electron chi connectivity index (χ3n) is 4.82. The third kappa shape index (κ3) is 2.60. The van der Waals surface area contributed by atoms with Gasteiger partial charge in [-0.2, -0.15) is 0 Å². The van der Waals surface area contributed by atoms with E-state index in [0.717, 1.165) is 24.3 Å². The summed E-state index contributed by atoms with van der Waals surface area (Å²) < 4.78 is 0. The highest BCUT2D eigenvalue weighted by atomic mass is 15.2. The lowest BCUT2D eigenvalue weighted by molar-refractivity contribution is 0.0566. The summed E-state index contributed by atoms with van der Waals surface area (Å²) in [6.45, 7) is 2.32. The summed E-state index contributed by atoms with van der Waals surface area (Å²) in [5.74, 6) is 1.36. The quantitative estimate of drug-likeness (QED) is 0.876. The molecule has 1 aromatic rings. The van der Waals surface area contributed by atoms with E-state index in [0.29, 0.717) is 5.82 Å². The summed E-state index contributed by atoms with van der Waals surface area (Å²) in [5, 5.41) is 0. The van der Waals surface area contributed by atoms with Crippen molar-refractivity contribution in [2.24, 2.45) is 11.7 Å². The van der Waals surface area contributed by atoms with Gasteiger partial charge in [-0.25, -0.2) is 4.98 Å². The van der Waals surface area contributed by atoms with E-state index in [-0.39, 0.29) is 11.6 Å². The molecule has 4 N–H and O–H groups in total. The predicted octanol–water partition coefficient (Wildman–Crippen LogP) is 2.17. The van der Waals surface area contributed by atoms with Gasteiger partial charge in [0, 0.05) is 17.3 Å². The molecule has 1 aliphatic rings. The van der Waals surface area contributed by atoms with Crippen LogP contribution in [0.4, 0.5) is 5.82 Å². The molecule has 0 radical (unpaired) electrons. The molecule has 1 heterocycles. The number of rotatable bonds is 3. The maximum Gasteiger partial charge on any atom is 0.128 e. The van der Waals surface area contributed by atoms with Gasteiger partial charge in [0.25, 0.3) is 0 Å². The van der Waals surface area contributed by atoms with Crippen molar-refractivity contribution in [1.82, 2.24) is 9.88 Å². The molecule has 0 spiro atoms. The van der Waals surface area contributed by atoms with Gasteiger partial charge in [-0.3, -0.25) is 0 Å². The van der Waals surface area contributed by atoms with Gasteiger partial charge in [0.15, 0.2) is 0 Å². The summed E-state index contributed by atoms with van der Waals surface area (Å²) in [4.78, 5) is 6.47. The molecule has 1 aromatic heterocycles. The number of pyridine rings is 1. The van der Waals surface area contributed by atoms with E-state index in [1.54, 1.807) is 6.20 Å². The first kappa shape index (κ1) is 14.3. The first-order valence-electron chi connectivity index (χ1n) is 7.11. The highest BCUT2D eigenvalue weighted by molar-refractivity contribution is 5.42. The van der Waals surface area contributed by atoms with Crippen molar-refractivity contribution in [2.45, 2.75) is 44.2 Å². The minimum absolute atomic E-state index is 0.00363. The molecule has 0 amide bonds. The first-order chi connectivity index (χ1) is 8.97. The van der Waals surface area contributed by atoms with Gasteiger partial charge in [0.2, 0.25) is 0 Å². The fourth-order valence-corrected chi connectivity index (χ4v) is 3.28. The minimum Gasteiger partial charge on any atom is -0.383 e. The van der Waals surface area contributed by atoms with Crippen LogP contribution in [-0.2, 0) is 0 Å². The van der Waals surface area contributed by atoms with E-state index >= 15 is 0 Å². The van der Waals surface area contributed by atoms with Crippen molar-refractivity contribution >= 4 is 5.82 Å². The fourth-order valence-electron chi connectivity index (χ4n) is 3.28. The van der Waals surface area contributed by atoms with Crippen LogP contribution in [0.3, 0.4) is 0 Å². The standard InChI is InChI=1S/C15H26N4/c1-11-6-8-15(9-7-11,19(2)3)13(16)12-5-4-10-18-14(12)17/h4-5,10-11,13H,6-9,16H2,1-3H3,(H2,17,18). The minimum atomic E-state index is -0.0799. The van der Waals surface area contributed by atoms with Crippen molar-refractivity contribution in [3.8, 4) is 0 Å². The summed E-state index contributed by atoms with van der Waals surface area (Å²) in [6.07, 6.45) is 6.42.